The van der Waals surface area contributed by atoms with Crippen LogP contribution in [0, 0.1) is 0 Å². The Morgan fingerprint density at radius 1 is 0.286 bits per heavy atom. The van der Waals surface area contributed by atoms with Gasteiger partial charge in [-0.15, -0.1) is 0 Å². The fourth-order valence-electron chi connectivity index (χ4n) is 17.1. The summed E-state index contributed by atoms with van der Waals surface area (Å²) in [6.07, 6.45) is 4.61. The van der Waals surface area contributed by atoms with Gasteiger partial charge in [0.1, 0.15) is 0 Å². The van der Waals surface area contributed by atoms with Crippen LogP contribution in [-0.2, 0) is 21.7 Å². The Balaban J connectivity index is 1.00. The zero-order valence-corrected chi connectivity index (χ0v) is 62.4. The summed E-state index contributed by atoms with van der Waals surface area (Å²) >= 11 is 0. The second kappa shape index (κ2) is 24.6. The Labute approximate surface area is 619 Å². The minimum absolute atomic E-state index is 0.0434. The van der Waals surface area contributed by atoms with E-state index in [0.29, 0.717) is 13.1 Å². The average Bonchev–Trinajstić information content (AvgIpc) is 1.07. The molecule has 0 aliphatic carbocycles. The zero-order valence-electron chi connectivity index (χ0n) is 62.4. The average molecular weight is 1360 g/mol. The molecule has 6 heterocycles. The molecule has 14 aromatic rings. The van der Waals surface area contributed by atoms with E-state index in [1.807, 2.05) is 0 Å². The van der Waals surface area contributed by atoms with Crippen LogP contribution in [-0.4, -0.2) is 28.9 Å². The first-order valence-corrected chi connectivity index (χ1v) is 37.5. The lowest BCUT2D eigenvalue weighted by molar-refractivity contribution is 0.590. The Bertz CT molecular complexity index is 5520. The van der Waals surface area contributed by atoms with Gasteiger partial charge in [-0.05, 0) is 154 Å². The molecule has 0 atom stereocenters. The van der Waals surface area contributed by atoms with Crippen LogP contribution in [0.5, 0.6) is 0 Å². The third-order valence-electron chi connectivity index (χ3n) is 22.7. The number of fused-ring (bicyclic) bond motifs is 10. The van der Waals surface area contributed by atoms with Crippen LogP contribution in [0.3, 0.4) is 0 Å². The number of aromatic nitrogens is 2. The van der Waals surface area contributed by atoms with Gasteiger partial charge in [0.25, 0.3) is 6.71 Å². The number of rotatable bonds is 9. The van der Waals surface area contributed by atoms with Gasteiger partial charge in [-0.3, -0.25) is 0 Å². The number of para-hydroxylation sites is 4. The van der Waals surface area contributed by atoms with E-state index in [-0.39, 0.29) is 28.4 Å². The molecule has 4 aliphatic rings. The SMILES string of the molecule is CC(C)(C)c1ccc(C2=CNCC(c3ccc(C(C)(C)C)cc3)=C2N2c3cc(-n4c5ccccc5c5ccccc54)ccc3B3c4ccc(-n5c6ccccc6c6ccccc65)cc4N(C4=C(c5ccc(C(C)(C)C)cc5)CNC=C4c4ccc(C(C)(C)C)cc4)c4cc(-c5ccccc5)cc2c43)cc1. The van der Waals surface area contributed by atoms with Crippen molar-refractivity contribution in [3.8, 4) is 22.5 Å². The number of dihydropyridines is 2. The maximum Gasteiger partial charge on any atom is 0.252 e. The van der Waals surface area contributed by atoms with Crippen molar-refractivity contribution in [3.05, 3.63) is 341 Å². The summed E-state index contributed by atoms with van der Waals surface area (Å²) in [5, 5.41) is 12.8. The number of nitrogens with zero attached hydrogens (tertiary/aromatic N) is 4. The highest BCUT2D eigenvalue weighted by molar-refractivity contribution is 7.00. The molecule has 18 rings (SSSR count). The summed E-state index contributed by atoms with van der Waals surface area (Å²) in [4.78, 5) is 5.46. The molecule has 0 bridgehead atoms. The van der Waals surface area contributed by atoms with Crippen LogP contribution in [0.25, 0.3) is 88.4 Å². The van der Waals surface area contributed by atoms with Crippen molar-refractivity contribution < 1.29 is 0 Å². The molecule has 514 valence electrons. The van der Waals surface area contributed by atoms with Gasteiger partial charge in [0.2, 0.25) is 0 Å². The number of nitrogens with one attached hydrogen (secondary N) is 2. The van der Waals surface area contributed by atoms with Crippen molar-refractivity contribution in [2.45, 2.75) is 105 Å². The van der Waals surface area contributed by atoms with Crippen molar-refractivity contribution in [1.82, 2.24) is 19.8 Å². The molecule has 4 aliphatic heterocycles. The van der Waals surface area contributed by atoms with E-state index < -0.39 is 0 Å². The Morgan fingerprint density at radius 2 is 0.600 bits per heavy atom. The third kappa shape index (κ3) is 11.0. The van der Waals surface area contributed by atoms with Crippen LogP contribution in [0.1, 0.15) is 128 Å². The summed E-state index contributed by atoms with van der Waals surface area (Å²) < 4.78 is 5.01. The second-order valence-corrected chi connectivity index (χ2v) is 33.5. The first-order valence-electron chi connectivity index (χ1n) is 37.5. The van der Waals surface area contributed by atoms with Crippen molar-refractivity contribution in [2.75, 3.05) is 22.9 Å². The molecule has 0 saturated carbocycles. The molecule has 2 aromatic heterocycles. The largest absolute Gasteiger partial charge is 0.386 e. The molecular formula is C98H89BN6. The first kappa shape index (κ1) is 65.5. The van der Waals surface area contributed by atoms with E-state index in [4.69, 9.17) is 0 Å². The maximum absolute atomic E-state index is 3.93. The van der Waals surface area contributed by atoms with Crippen LogP contribution in [0.4, 0.5) is 22.7 Å². The molecule has 6 nitrogen and oxygen atoms in total. The van der Waals surface area contributed by atoms with Crippen LogP contribution in [0.15, 0.2) is 297 Å². The molecule has 2 N–H and O–H groups in total. The zero-order chi connectivity index (χ0) is 72.0. The lowest BCUT2D eigenvalue weighted by atomic mass is 9.33. The summed E-state index contributed by atoms with van der Waals surface area (Å²) in [7, 11) is 0. The predicted octanol–water partition coefficient (Wildman–Crippen LogP) is 22.3. The van der Waals surface area contributed by atoms with Crippen molar-refractivity contribution in [1.29, 1.82) is 0 Å². The standard InChI is InChI=1S/C98H89BN6/c1-95(2,3)68-42-34-63(35-43-68)78-58-100-59-79(64-36-44-69(45-37-64)96(4,5)6)93(78)104-88-56-72(102-84-30-20-16-26-74(84)75-27-17-21-31-85(75)102)50-52-82(88)99-83-53-51-73(103-86-32-22-18-28-76(86)77-29-19-23-33-87(77)103)57-89(83)105(91-55-67(54-90(104)92(91)99)62-24-14-13-15-25-62)94-80(65-38-46-70(47-39-65)97(7,8)9)60-101-61-81(94)66-40-48-71(49-41-66)98(10,11)12/h13-58,60,100-101H,59,61H2,1-12H3. The van der Waals surface area contributed by atoms with E-state index >= 15 is 0 Å². The predicted molar refractivity (Wildman–Crippen MR) is 449 cm³/mol. The number of allylic oxidation sites excluding steroid dienone is 2. The van der Waals surface area contributed by atoms with Gasteiger partial charge in [-0.25, -0.2) is 0 Å². The quantitative estimate of drug-likeness (QED) is 0.141. The van der Waals surface area contributed by atoms with Crippen LogP contribution < -0.4 is 36.8 Å². The Morgan fingerprint density at radius 3 is 0.933 bits per heavy atom. The lowest BCUT2D eigenvalue weighted by Gasteiger charge is -2.47. The van der Waals surface area contributed by atoms with E-state index in [1.54, 1.807) is 0 Å². The number of anilines is 4. The fraction of sp³-hybridized carbons (Fsp3) is 0.184. The highest BCUT2D eigenvalue weighted by atomic mass is 15.2. The number of hydrogen-bond acceptors (Lipinski definition) is 4. The smallest absolute Gasteiger partial charge is 0.252 e. The molecule has 0 fully saturated rings. The van der Waals surface area contributed by atoms with Crippen molar-refractivity contribution in [2.24, 2.45) is 0 Å². The normalized spacial score (nSPS) is 14.7. The minimum Gasteiger partial charge on any atom is -0.386 e. The molecule has 0 amide bonds. The molecule has 105 heavy (non-hydrogen) atoms. The minimum atomic E-state index is -0.248. The van der Waals surface area contributed by atoms with Gasteiger partial charge >= 0.3 is 0 Å². The Hall–Kier alpha value is -11.5. The van der Waals surface area contributed by atoms with E-state index in [0.717, 1.165) is 78.9 Å². The lowest BCUT2D eigenvalue weighted by Crippen LogP contribution is -2.62. The van der Waals surface area contributed by atoms with Gasteiger partial charge in [-0.1, -0.05) is 295 Å². The van der Waals surface area contributed by atoms with Gasteiger partial charge in [0.05, 0.1) is 33.5 Å². The molecule has 0 radical (unpaired) electrons. The Kier molecular flexibility index (Phi) is 15.3. The van der Waals surface area contributed by atoms with Gasteiger partial charge in [0, 0.05) is 103 Å². The highest BCUT2D eigenvalue weighted by Gasteiger charge is 2.47. The van der Waals surface area contributed by atoms with Crippen molar-refractivity contribution >= 4 is 112 Å². The highest BCUT2D eigenvalue weighted by Crippen LogP contribution is 2.52. The monoisotopic (exact) mass is 1360 g/mol. The van der Waals surface area contributed by atoms with Crippen molar-refractivity contribution in [3.63, 3.8) is 0 Å². The molecule has 12 aromatic carbocycles. The van der Waals surface area contributed by atoms with E-state index in [1.165, 1.54) is 105 Å². The van der Waals surface area contributed by atoms with E-state index in [9.17, 15) is 0 Å². The van der Waals surface area contributed by atoms with E-state index in [2.05, 4.69) is 398 Å². The number of benzene rings is 12. The third-order valence-corrected chi connectivity index (χ3v) is 22.7. The second-order valence-electron chi connectivity index (χ2n) is 33.5. The summed E-state index contributed by atoms with van der Waals surface area (Å²) in [5.74, 6) is 0. The molecule has 7 heteroatoms. The van der Waals surface area contributed by atoms with Crippen LogP contribution >= 0.6 is 0 Å². The molecular weight excluding hydrogens is 1270 g/mol. The fourth-order valence-corrected chi connectivity index (χ4v) is 17.1. The molecule has 0 saturated heterocycles. The van der Waals surface area contributed by atoms with Gasteiger partial charge in [-0.2, -0.15) is 0 Å². The summed E-state index contributed by atoms with van der Waals surface area (Å²) in [6.45, 7) is 28.7. The topological polar surface area (TPSA) is 40.4 Å². The first-order chi connectivity index (χ1) is 50.6. The van der Waals surface area contributed by atoms with Crippen LogP contribution in [0.2, 0.25) is 0 Å². The number of hydrogen-bond donors (Lipinski definition) is 2. The van der Waals surface area contributed by atoms with Gasteiger partial charge < -0.3 is 29.6 Å². The summed E-state index contributed by atoms with van der Waals surface area (Å²) in [6, 6.07) is 105. The van der Waals surface area contributed by atoms with Gasteiger partial charge in [0.15, 0.2) is 0 Å². The summed E-state index contributed by atoms with van der Waals surface area (Å²) in [5.41, 5.74) is 34.0. The maximum atomic E-state index is 3.93. The molecule has 0 unspecified atom stereocenters. The molecule has 0 spiro atoms.